The van der Waals surface area contributed by atoms with Gasteiger partial charge in [-0.2, -0.15) is 0 Å². The first-order valence-corrected chi connectivity index (χ1v) is 8.16. The van der Waals surface area contributed by atoms with Gasteiger partial charge in [-0.25, -0.2) is 4.98 Å². The van der Waals surface area contributed by atoms with Crippen molar-refractivity contribution >= 4 is 28.4 Å². The molecule has 1 atom stereocenters. The highest BCUT2D eigenvalue weighted by atomic mass is 32.2. The molecular weight excluding hydrogens is 284 g/mol. The fourth-order valence-electron chi connectivity index (χ4n) is 2.42. The molecule has 110 valence electrons. The van der Waals surface area contributed by atoms with E-state index in [1.54, 1.807) is 6.20 Å². The van der Waals surface area contributed by atoms with Gasteiger partial charge in [-0.1, -0.05) is 36.0 Å². The molecule has 1 aliphatic rings. The van der Waals surface area contributed by atoms with Crippen molar-refractivity contribution in [2.75, 3.05) is 18.9 Å². The molecule has 1 amide bonds. The standard InChI is InChI=1S/C16H18N2O2S/c19-15(18-10-13-5-3-9-20-13)11-21-16-14-6-2-1-4-12(14)7-8-17-16/h1-2,4,6-8,13H,3,5,9-11H2,(H,18,19)/t13-/m1/s1. The SMILES string of the molecule is O=C(CSc1nccc2ccccc12)NC[C@H]1CCCO1. The Morgan fingerprint density at radius 2 is 2.29 bits per heavy atom. The number of nitrogens with one attached hydrogen (secondary N) is 1. The van der Waals surface area contributed by atoms with Gasteiger partial charge in [-0.15, -0.1) is 0 Å². The van der Waals surface area contributed by atoms with Gasteiger partial charge in [0.1, 0.15) is 5.03 Å². The van der Waals surface area contributed by atoms with Crippen molar-refractivity contribution in [2.45, 2.75) is 24.0 Å². The smallest absolute Gasteiger partial charge is 0.230 e. The van der Waals surface area contributed by atoms with E-state index in [1.807, 2.05) is 24.3 Å². The third-order valence-corrected chi connectivity index (χ3v) is 4.53. The van der Waals surface area contributed by atoms with E-state index in [4.69, 9.17) is 4.74 Å². The average molecular weight is 302 g/mol. The second kappa shape index (κ2) is 6.91. The fraction of sp³-hybridized carbons (Fsp3) is 0.375. The third-order valence-electron chi connectivity index (χ3n) is 3.53. The van der Waals surface area contributed by atoms with Crippen molar-refractivity contribution < 1.29 is 9.53 Å². The topological polar surface area (TPSA) is 51.2 Å². The van der Waals surface area contributed by atoms with E-state index >= 15 is 0 Å². The zero-order valence-corrected chi connectivity index (χ0v) is 12.6. The number of carbonyl (C=O) groups excluding carboxylic acids is 1. The Hall–Kier alpha value is -1.59. The van der Waals surface area contributed by atoms with Crippen LogP contribution in [0, 0.1) is 0 Å². The molecule has 5 heteroatoms. The fourth-order valence-corrected chi connectivity index (χ4v) is 3.27. The Bertz CT molecular complexity index is 621. The van der Waals surface area contributed by atoms with Gasteiger partial charge in [0.15, 0.2) is 0 Å². The van der Waals surface area contributed by atoms with Crippen molar-refractivity contribution in [3.8, 4) is 0 Å². The summed E-state index contributed by atoms with van der Waals surface area (Å²) in [7, 11) is 0. The van der Waals surface area contributed by atoms with Gasteiger partial charge in [-0.05, 0) is 24.3 Å². The Morgan fingerprint density at radius 3 is 3.14 bits per heavy atom. The van der Waals surface area contributed by atoms with E-state index in [1.165, 1.54) is 11.8 Å². The number of ether oxygens (including phenoxy) is 1. The molecule has 21 heavy (non-hydrogen) atoms. The molecule has 1 saturated heterocycles. The van der Waals surface area contributed by atoms with Crippen LogP contribution in [0.5, 0.6) is 0 Å². The summed E-state index contributed by atoms with van der Waals surface area (Å²) in [5.74, 6) is 0.415. The molecule has 1 fully saturated rings. The lowest BCUT2D eigenvalue weighted by Crippen LogP contribution is -2.32. The predicted octanol–water partition coefficient (Wildman–Crippen LogP) is 2.62. The van der Waals surface area contributed by atoms with Crippen molar-refractivity contribution in [1.29, 1.82) is 0 Å². The number of nitrogens with zero attached hydrogens (tertiary/aromatic N) is 1. The summed E-state index contributed by atoms with van der Waals surface area (Å²) in [5.41, 5.74) is 0. The lowest BCUT2D eigenvalue weighted by atomic mass is 10.2. The Balaban J connectivity index is 1.54. The van der Waals surface area contributed by atoms with E-state index in [2.05, 4.69) is 16.4 Å². The van der Waals surface area contributed by atoms with Gasteiger partial charge in [0.25, 0.3) is 0 Å². The van der Waals surface area contributed by atoms with E-state index in [0.29, 0.717) is 12.3 Å². The first-order valence-electron chi connectivity index (χ1n) is 7.18. The van der Waals surface area contributed by atoms with Crippen LogP contribution < -0.4 is 5.32 Å². The molecule has 2 aromatic rings. The summed E-state index contributed by atoms with van der Waals surface area (Å²) >= 11 is 1.48. The van der Waals surface area contributed by atoms with Crippen LogP contribution in [0.15, 0.2) is 41.6 Å². The number of pyridine rings is 1. The third kappa shape index (κ3) is 3.74. The van der Waals surface area contributed by atoms with Crippen LogP contribution in [0.4, 0.5) is 0 Å². The molecule has 0 radical (unpaired) electrons. The van der Waals surface area contributed by atoms with Gasteiger partial charge in [-0.3, -0.25) is 4.79 Å². The zero-order chi connectivity index (χ0) is 14.5. The van der Waals surface area contributed by atoms with E-state index in [-0.39, 0.29) is 12.0 Å². The van der Waals surface area contributed by atoms with Gasteiger partial charge in [0.2, 0.25) is 5.91 Å². The van der Waals surface area contributed by atoms with Crippen LogP contribution in [0.1, 0.15) is 12.8 Å². The molecule has 1 N–H and O–H groups in total. The molecule has 1 aromatic heterocycles. The summed E-state index contributed by atoms with van der Waals surface area (Å²) in [4.78, 5) is 16.3. The van der Waals surface area contributed by atoms with E-state index in [0.717, 1.165) is 35.2 Å². The number of benzene rings is 1. The Kier molecular flexibility index (Phi) is 4.72. The van der Waals surface area contributed by atoms with Crippen molar-refractivity contribution in [3.63, 3.8) is 0 Å². The molecule has 4 nitrogen and oxygen atoms in total. The number of rotatable bonds is 5. The maximum absolute atomic E-state index is 11.9. The maximum Gasteiger partial charge on any atom is 0.230 e. The summed E-state index contributed by atoms with van der Waals surface area (Å²) < 4.78 is 5.49. The van der Waals surface area contributed by atoms with Crippen molar-refractivity contribution in [1.82, 2.24) is 10.3 Å². The Labute approximate surface area is 128 Å². The molecule has 2 heterocycles. The largest absolute Gasteiger partial charge is 0.376 e. The van der Waals surface area contributed by atoms with Crippen molar-refractivity contribution in [2.24, 2.45) is 0 Å². The quantitative estimate of drug-likeness (QED) is 0.863. The summed E-state index contributed by atoms with van der Waals surface area (Å²) in [6, 6.07) is 10.1. The van der Waals surface area contributed by atoms with E-state index < -0.39 is 0 Å². The van der Waals surface area contributed by atoms with Crippen LogP contribution in [0.25, 0.3) is 10.8 Å². The van der Waals surface area contributed by atoms with Crippen LogP contribution in [0.2, 0.25) is 0 Å². The van der Waals surface area contributed by atoms with Gasteiger partial charge >= 0.3 is 0 Å². The maximum atomic E-state index is 11.9. The zero-order valence-electron chi connectivity index (χ0n) is 11.7. The van der Waals surface area contributed by atoms with Crippen molar-refractivity contribution in [3.05, 3.63) is 36.5 Å². The number of carbonyl (C=O) groups is 1. The number of hydrogen-bond donors (Lipinski definition) is 1. The molecular formula is C16H18N2O2S. The number of thioether (sulfide) groups is 1. The molecule has 1 aliphatic heterocycles. The molecule has 0 unspecified atom stereocenters. The van der Waals surface area contributed by atoms with Gasteiger partial charge in [0, 0.05) is 24.7 Å². The minimum atomic E-state index is 0.0326. The van der Waals surface area contributed by atoms with Gasteiger partial charge in [0.05, 0.1) is 11.9 Å². The number of aromatic nitrogens is 1. The molecule has 0 spiro atoms. The lowest BCUT2D eigenvalue weighted by molar-refractivity contribution is -0.119. The number of amides is 1. The van der Waals surface area contributed by atoms with Gasteiger partial charge < -0.3 is 10.1 Å². The number of fused-ring (bicyclic) bond motifs is 1. The minimum absolute atomic E-state index is 0.0326. The van der Waals surface area contributed by atoms with Crippen LogP contribution in [-0.4, -0.2) is 35.9 Å². The lowest BCUT2D eigenvalue weighted by Gasteiger charge is -2.10. The molecule has 1 aromatic carbocycles. The van der Waals surface area contributed by atoms with Crippen LogP contribution in [-0.2, 0) is 9.53 Å². The summed E-state index contributed by atoms with van der Waals surface area (Å²) in [6.07, 6.45) is 4.11. The first kappa shape index (κ1) is 14.4. The number of hydrogen-bond acceptors (Lipinski definition) is 4. The minimum Gasteiger partial charge on any atom is -0.376 e. The highest BCUT2D eigenvalue weighted by Gasteiger charge is 2.16. The molecule has 3 rings (SSSR count). The highest BCUT2D eigenvalue weighted by Crippen LogP contribution is 2.25. The normalized spacial score (nSPS) is 18.0. The molecule has 0 bridgehead atoms. The van der Waals surface area contributed by atoms with E-state index in [9.17, 15) is 4.79 Å². The Morgan fingerprint density at radius 1 is 1.38 bits per heavy atom. The predicted molar refractivity (Wildman–Crippen MR) is 84.5 cm³/mol. The second-order valence-electron chi connectivity index (χ2n) is 5.07. The molecule has 0 aliphatic carbocycles. The highest BCUT2D eigenvalue weighted by molar-refractivity contribution is 8.00. The van der Waals surface area contributed by atoms with Crippen LogP contribution in [0.3, 0.4) is 0 Å². The molecule has 0 saturated carbocycles. The van der Waals surface area contributed by atoms with Crippen LogP contribution >= 0.6 is 11.8 Å². The second-order valence-corrected chi connectivity index (χ2v) is 6.03. The average Bonchev–Trinajstić information content (AvgIpc) is 3.04. The monoisotopic (exact) mass is 302 g/mol. The summed E-state index contributed by atoms with van der Waals surface area (Å²) in [6.45, 7) is 1.43. The first-order chi connectivity index (χ1) is 10.3. The summed E-state index contributed by atoms with van der Waals surface area (Å²) in [5, 5.41) is 6.08.